The molecule has 2 aromatic rings. The number of rotatable bonds is 6. The van der Waals surface area contributed by atoms with Gasteiger partial charge in [0.05, 0.1) is 11.6 Å². The molecule has 2 aromatic heterocycles. The van der Waals surface area contributed by atoms with E-state index in [4.69, 9.17) is 10.7 Å². The van der Waals surface area contributed by atoms with Gasteiger partial charge in [0.25, 0.3) is 0 Å². The van der Waals surface area contributed by atoms with Crippen LogP contribution < -0.4 is 11.1 Å². The first-order valence-electron chi connectivity index (χ1n) is 7.93. The van der Waals surface area contributed by atoms with Crippen LogP contribution >= 0.6 is 35.1 Å². The number of amides is 1. The SMILES string of the molecule is Cl.NCCNC(=O)C1CCCN(Cc2csc(-c3ccsc3)n2)C1. The molecular weight excluding hydrogens is 364 g/mol. The van der Waals surface area contributed by atoms with Gasteiger partial charge >= 0.3 is 0 Å². The zero-order valence-corrected chi connectivity index (χ0v) is 15.9. The molecule has 1 aliphatic heterocycles. The van der Waals surface area contributed by atoms with Crippen LogP contribution in [0.3, 0.4) is 0 Å². The maximum Gasteiger partial charge on any atom is 0.224 e. The van der Waals surface area contributed by atoms with Crippen LogP contribution in [0.15, 0.2) is 22.2 Å². The van der Waals surface area contributed by atoms with Crippen LogP contribution in [0.1, 0.15) is 18.5 Å². The molecule has 5 nitrogen and oxygen atoms in total. The molecule has 0 bridgehead atoms. The molecule has 1 amide bonds. The monoisotopic (exact) mass is 386 g/mol. The predicted molar refractivity (Wildman–Crippen MR) is 103 cm³/mol. The van der Waals surface area contributed by atoms with Gasteiger partial charge in [-0.2, -0.15) is 11.3 Å². The number of nitrogens with zero attached hydrogens (tertiary/aromatic N) is 2. The molecule has 0 radical (unpaired) electrons. The maximum atomic E-state index is 12.1. The molecule has 0 aliphatic carbocycles. The summed E-state index contributed by atoms with van der Waals surface area (Å²) in [6.45, 7) is 3.72. The summed E-state index contributed by atoms with van der Waals surface area (Å²) in [6, 6.07) is 2.10. The van der Waals surface area contributed by atoms with Gasteiger partial charge in [-0.25, -0.2) is 4.98 Å². The molecule has 0 aromatic carbocycles. The van der Waals surface area contributed by atoms with Crippen LogP contribution in [0.25, 0.3) is 10.6 Å². The number of piperidine rings is 1. The van der Waals surface area contributed by atoms with E-state index in [1.165, 1.54) is 5.56 Å². The van der Waals surface area contributed by atoms with Crippen LogP contribution in [0.2, 0.25) is 0 Å². The summed E-state index contributed by atoms with van der Waals surface area (Å²) >= 11 is 3.38. The molecule has 1 saturated heterocycles. The summed E-state index contributed by atoms with van der Waals surface area (Å²) in [4.78, 5) is 19.2. The van der Waals surface area contributed by atoms with E-state index in [9.17, 15) is 4.79 Å². The van der Waals surface area contributed by atoms with Crippen LogP contribution in [0.4, 0.5) is 0 Å². The molecule has 132 valence electrons. The number of thiophene rings is 1. The standard InChI is InChI=1S/C16H22N4OS2.ClH/c17-4-5-18-15(21)12-2-1-6-20(8-12)9-14-11-23-16(19-14)13-3-7-22-10-13;/h3,7,10-12H,1-2,4-6,8-9,17H2,(H,18,21);1H. The van der Waals surface area contributed by atoms with Crippen molar-refractivity contribution in [2.24, 2.45) is 11.7 Å². The van der Waals surface area contributed by atoms with E-state index in [2.05, 4.69) is 32.4 Å². The van der Waals surface area contributed by atoms with E-state index in [0.717, 1.165) is 43.2 Å². The summed E-state index contributed by atoms with van der Waals surface area (Å²) in [5.74, 6) is 0.211. The minimum Gasteiger partial charge on any atom is -0.355 e. The van der Waals surface area contributed by atoms with Crippen LogP contribution in [0.5, 0.6) is 0 Å². The lowest BCUT2D eigenvalue weighted by atomic mass is 9.97. The van der Waals surface area contributed by atoms with E-state index >= 15 is 0 Å². The van der Waals surface area contributed by atoms with Gasteiger partial charge in [-0.3, -0.25) is 9.69 Å². The van der Waals surface area contributed by atoms with Crippen molar-refractivity contribution < 1.29 is 4.79 Å². The largest absolute Gasteiger partial charge is 0.355 e. The highest BCUT2D eigenvalue weighted by Crippen LogP contribution is 2.27. The van der Waals surface area contributed by atoms with Gasteiger partial charge < -0.3 is 11.1 Å². The normalized spacial score (nSPS) is 18.1. The topological polar surface area (TPSA) is 71.2 Å². The van der Waals surface area contributed by atoms with Gasteiger partial charge in [-0.1, -0.05) is 0 Å². The minimum atomic E-state index is 0. The molecular formula is C16H23ClN4OS2. The predicted octanol–water partition coefficient (Wildman–Crippen LogP) is 2.58. The third-order valence-electron chi connectivity index (χ3n) is 4.03. The number of likely N-dealkylation sites (tertiary alicyclic amines) is 1. The van der Waals surface area contributed by atoms with Crippen molar-refractivity contribution in [1.82, 2.24) is 15.2 Å². The Labute approximate surface area is 156 Å². The van der Waals surface area contributed by atoms with Crippen molar-refractivity contribution in [2.45, 2.75) is 19.4 Å². The molecule has 3 rings (SSSR count). The Morgan fingerprint density at radius 2 is 2.33 bits per heavy atom. The number of carbonyl (C=O) groups excluding carboxylic acids is 1. The van der Waals surface area contributed by atoms with E-state index < -0.39 is 0 Å². The summed E-state index contributed by atoms with van der Waals surface area (Å²) < 4.78 is 0. The summed E-state index contributed by atoms with van der Waals surface area (Å²) in [7, 11) is 0. The van der Waals surface area contributed by atoms with Crippen LogP contribution in [-0.4, -0.2) is 42.0 Å². The summed E-state index contributed by atoms with van der Waals surface area (Å²) in [5.41, 5.74) is 7.74. The van der Waals surface area contributed by atoms with E-state index in [1.807, 2.05) is 0 Å². The highest BCUT2D eigenvalue weighted by molar-refractivity contribution is 7.14. The minimum absolute atomic E-state index is 0. The number of aromatic nitrogens is 1. The van der Waals surface area contributed by atoms with Gasteiger partial charge in [0.1, 0.15) is 5.01 Å². The smallest absolute Gasteiger partial charge is 0.224 e. The lowest BCUT2D eigenvalue weighted by Crippen LogP contribution is -2.43. The number of thiazole rings is 1. The molecule has 1 unspecified atom stereocenters. The second-order valence-electron chi connectivity index (χ2n) is 5.81. The number of carbonyl (C=O) groups is 1. The van der Waals surface area contributed by atoms with Gasteiger partial charge in [-0.15, -0.1) is 23.7 Å². The average Bonchev–Trinajstić information content (AvgIpc) is 3.24. The third kappa shape index (κ3) is 5.00. The zero-order valence-electron chi connectivity index (χ0n) is 13.4. The fraction of sp³-hybridized carbons (Fsp3) is 0.500. The first-order chi connectivity index (χ1) is 11.3. The average molecular weight is 387 g/mol. The molecule has 0 saturated carbocycles. The molecule has 0 spiro atoms. The van der Waals surface area contributed by atoms with Gasteiger partial charge in [0.15, 0.2) is 0 Å². The van der Waals surface area contributed by atoms with Crippen LogP contribution in [-0.2, 0) is 11.3 Å². The van der Waals surface area contributed by atoms with E-state index in [-0.39, 0.29) is 24.2 Å². The lowest BCUT2D eigenvalue weighted by Gasteiger charge is -2.31. The Kier molecular flexibility index (Phi) is 7.64. The number of hydrogen-bond donors (Lipinski definition) is 2. The highest BCUT2D eigenvalue weighted by atomic mass is 35.5. The Bertz CT molecular complexity index is 632. The molecule has 3 heterocycles. The number of nitrogens with one attached hydrogen (secondary N) is 1. The fourth-order valence-corrected chi connectivity index (χ4v) is 4.40. The quantitative estimate of drug-likeness (QED) is 0.800. The first kappa shape index (κ1) is 19.3. The van der Waals surface area contributed by atoms with Crippen molar-refractivity contribution >= 4 is 41.0 Å². The Balaban J connectivity index is 0.00000208. The second kappa shape index (κ2) is 9.48. The van der Waals surface area contributed by atoms with Crippen LogP contribution in [0, 0.1) is 5.92 Å². The number of nitrogens with two attached hydrogens (primary N) is 1. The van der Waals surface area contributed by atoms with Crippen molar-refractivity contribution in [3.8, 4) is 10.6 Å². The Morgan fingerprint density at radius 3 is 3.08 bits per heavy atom. The highest BCUT2D eigenvalue weighted by Gasteiger charge is 2.25. The van der Waals surface area contributed by atoms with Gasteiger partial charge in [-0.05, 0) is 30.8 Å². The van der Waals surface area contributed by atoms with E-state index in [1.54, 1.807) is 22.7 Å². The lowest BCUT2D eigenvalue weighted by molar-refractivity contribution is -0.126. The second-order valence-corrected chi connectivity index (χ2v) is 7.45. The van der Waals surface area contributed by atoms with Crippen molar-refractivity contribution in [1.29, 1.82) is 0 Å². The zero-order chi connectivity index (χ0) is 16.1. The van der Waals surface area contributed by atoms with Crippen molar-refractivity contribution in [2.75, 3.05) is 26.2 Å². The summed E-state index contributed by atoms with van der Waals surface area (Å²) in [6.07, 6.45) is 2.02. The van der Waals surface area contributed by atoms with Crippen molar-refractivity contribution in [3.05, 3.63) is 27.9 Å². The Hall–Kier alpha value is -0.990. The van der Waals surface area contributed by atoms with E-state index in [0.29, 0.717) is 13.1 Å². The first-order valence-corrected chi connectivity index (χ1v) is 9.75. The summed E-state index contributed by atoms with van der Waals surface area (Å²) in [5, 5.41) is 10.3. The molecule has 1 atom stereocenters. The molecule has 1 fully saturated rings. The molecule has 1 aliphatic rings. The fourth-order valence-electron chi connectivity index (χ4n) is 2.88. The number of hydrogen-bond acceptors (Lipinski definition) is 6. The maximum absolute atomic E-state index is 12.1. The molecule has 8 heteroatoms. The van der Waals surface area contributed by atoms with Crippen molar-refractivity contribution in [3.63, 3.8) is 0 Å². The Morgan fingerprint density at radius 1 is 1.46 bits per heavy atom. The molecule has 3 N–H and O–H groups in total. The van der Waals surface area contributed by atoms with Gasteiger partial charge in [0, 0.05) is 42.5 Å². The van der Waals surface area contributed by atoms with Gasteiger partial charge in [0.2, 0.25) is 5.91 Å². The molecule has 24 heavy (non-hydrogen) atoms. The number of halogens is 1. The third-order valence-corrected chi connectivity index (χ3v) is 5.65.